The number of thiazole rings is 1. The van der Waals surface area contributed by atoms with Crippen LogP contribution in [0.2, 0.25) is 0 Å². The highest BCUT2D eigenvalue weighted by molar-refractivity contribution is 7.17. The van der Waals surface area contributed by atoms with E-state index in [9.17, 15) is 9.90 Å². The predicted molar refractivity (Wildman–Crippen MR) is 71.6 cm³/mol. The molecule has 1 fully saturated rings. The summed E-state index contributed by atoms with van der Waals surface area (Å²) < 4.78 is 0. The Hall–Kier alpha value is -1.14. The predicted octanol–water partition coefficient (Wildman–Crippen LogP) is 1.41. The molecule has 0 aromatic carbocycles. The molecule has 0 radical (unpaired) electrons. The van der Waals surface area contributed by atoms with E-state index in [1.54, 1.807) is 18.9 Å². The third-order valence-electron chi connectivity index (χ3n) is 3.42. The molecule has 100 valence electrons. The quantitative estimate of drug-likeness (QED) is 0.869. The van der Waals surface area contributed by atoms with Crippen LogP contribution in [-0.4, -0.2) is 40.1 Å². The Morgan fingerprint density at radius 2 is 2.17 bits per heavy atom. The van der Waals surface area contributed by atoms with Gasteiger partial charge in [-0.25, -0.2) is 4.98 Å². The molecule has 0 spiro atoms. The maximum Gasteiger partial charge on any atom is 0.265 e. The Bertz CT molecular complexity index is 452. The van der Waals surface area contributed by atoms with E-state index in [0.29, 0.717) is 22.2 Å². The van der Waals surface area contributed by atoms with Gasteiger partial charge in [0.25, 0.3) is 5.91 Å². The number of carbonyl (C=O) groups excluding carboxylic acids is 1. The summed E-state index contributed by atoms with van der Waals surface area (Å²) in [6.07, 6.45) is 3.61. The van der Waals surface area contributed by atoms with Crippen LogP contribution in [0.5, 0.6) is 0 Å². The average molecular weight is 269 g/mol. The van der Waals surface area contributed by atoms with Crippen LogP contribution in [0.4, 0.5) is 5.13 Å². The number of amides is 1. The van der Waals surface area contributed by atoms with E-state index in [4.69, 9.17) is 5.73 Å². The van der Waals surface area contributed by atoms with Crippen molar-refractivity contribution >= 4 is 22.4 Å². The normalized spacial score (nSPS) is 17.9. The molecule has 0 saturated heterocycles. The molecule has 0 unspecified atom stereocenters. The SMILES string of the molecule is Cc1nc(N)sc1C(=O)N(C)CC1(O)CCCC1. The van der Waals surface area contributed by atoms with Crippen LogP contribution in [0.3, 0.4) is 0 Å². The second kappa shape index (κ2) is 4.85. The molecular formula is C12H19N3O2S. The van der Waals surface area contributed by atoms with Gasteiger partial charge in [-0.2, -0.15) is 0 Å². The molecule has 1 aromatic rings. The van der Waals surface area contributed by atoms with Crippen LogP contribution in [0.15, 0.2) is 0 Å². The van der Waals surface area contributed by atoms with Gasteiger partial charge < -0.3 is 15.7 Å². The van der Waals surface area contributed by atoms with Gasteiger partial charge in [0.2, 0.25) is 0 Å². The number of carbonyl (C=O) groups is 1. The fraction of sp³-hybridized carbons (Fsp3) is 0.667. The van der Waals surface area contributed by atoms with Crippen molar-refractivity contribution in [3.8, 4) is 0 Å². The minimum atomic E-state index is -0.714. The Labute approximate surface area is 111 Å². The summed E-state index contributed by atoms with van der Waals surface area (Å²) in [6.45, 7) is 2.15. The van der Waals surface area contributed by atoms with Gasteiger partial charge in [-0.15, -0.1) is 0 Å². The number of aromatic nitrogens is 1. The van der Waals surface area contributed by atoms with Crippen LogP contribution in [0.1, 0.15) is 41.0 Å². The van der Waals surface area contributed by atoms with Crippen LogP contribution in [0.25, 0.3) is 0 Å². The van der Waals surface area contributed by atoms with Crippen LogP contribution in [0, 0.1) is 6.92 Å². The van der Waals surface area contributed by atoms with Gasteiger partial charge in [0.1, 0.15) is 4.88 Å². The summed E-state index contributed by atoms with van der Waals surface area (Å²) >= 11 is 1.20. The van der Waals surface area contributed by atoms with E-state index < -0.39 is 5.60 Å². The second-order valence-corrected chi connectivity index (χ2v) is 6.09. The molecular weight excluding hydrogens is 250 g/mol. The van der Waals surface area contributed by atoms with E-state index in [-0.39, 0.29) is 5.91 Å². The van der Waals surface area contributed by atoms with Gasteiger partial charge in [-0.3, -0.25) is 4.79 Å². The Morgan fingerprint density at radius 3 is 2.67 bits per heavy atom. The van der Waals surface area contributed by atoms with Crippen molar-refractivity contribution in [2.45, 2.75) is 38.2 Å². The number of aliphatic hydroxyl groups is 1. The number of hydrogen-bond donors (Lipinski definition) is 2. The smallest absolute Gasteiger partial charge is 0.265 e. The zero-order chi connectivity index (χ0) is 13.3. The van der Waals surface area contributed by atoms with Crippen molar-refractivity contribution in [3.05, 3.63) is 10.6 Å². The molecule has 0 bridgehead atoms. The molecule has 1 aromatic heterocycles. The highest BCUT2D eigenvalue weighted by Crippen LogP contribution is 2.30. The Kier molecular flexibility index (Phi) is 3.59. The van der Waals surface area contributed by atoms with Crippen LogP contribution in [-0.2, 0) is 0 Å². The Balaban J connectivity index is 2.07. The molecule has 1 aliphatic carbocycles. The molecule has 0 atom stereocenters. The fourth-order valence-electron chi connectivity index (χ4n) is 2.49. The molecule has 3 N–H and O–H groups in total. The third kappa shape index (κ3) is 2.64. The van der Waals surface area contributed by atoms with E-state index in [0.717, 1.165) is 25.7 Å². The lowest BCUT2D eigenvalue weighted by Gasteiger charge is -2.28. The lowest BCUT2D eigenvalue weighted by molar-refractivity contribution is 0.0158. The lowest BCUT2D eigenvalue weighted by atomic mass is 10.0. The number of aryl methyl sites for hydroxylation is 1. The molecule has 1 amide bonds. The van der Waals surface area contributed by atoms with Gasteiger partial charge in [-0.1, -0.05) is 24.2 Å². The molecule has 0 aliphatic heterocycles. The van der Waals surface area contributed by atoms with Crippen molar-refractivity contribution in [3.63, 3.8) is 0 Å². The first-order valence-electron chi connectivity index (χ1n) is 6.12. The molecule has 1 heterocycles. The first kappa shape index (κ1) is 13.3. The number of anilines is 1. The lowest BCUT2D eigenvalue weighted by Crippen LogP contribution is -2.42. The zero-order valence-corrected chi connectivity index (χ0v) is 11.6. The largest absolute Gasteiger partial charge is 0.388 e. The summed E-state index contributed by atoms with van der Waals surface area (Å²) in [7, 11) is 1.72. The van der Waals surface area contributed by atoms with E-state index >= 15 is 0 Å². The zero-order valence-electron chi connectivity index (χ0n) is 10.8. The number of nitrogen functional groups attached to an aromatic ring is 1. The highest BCUT2D eigenvalue weighted by atomic mass is 32.1. The van der Waals surface area contributed by atoms with Crippen LogP contribution < -0.4 is 5.73 Å². The standard InChI is InChI=1S/C12H19N3O2S/c1-8-9(18-11(13)14-8)10(16)15(2)7-12(17)5-3-4-6-12/h17H,3-7H2,1-2H3,(H2,13,14). The Morgan fingerprint density at radius 1 is 1.56 bits per heavy atom. The number of rotatable bonds is 3. The van der Waals surface area contributed by atoms with E-state index in [2.05, 4.69) is 4.98 Å². The molecule has 1 saturated carbocycles. The molecule has 6 heteroatoms. The monoisotopic (exact) mass is 269 g/mol. The second-order valence-electron chi connectivity index (χ2n) is 5.06. The topological polar surface area (TPSA) is 79.5 Å². The van der Waals surface area contributed by atoms with E-state index in [1.807, 2.05) is 0 Å². The third-order valence-corrected chi connectivity index (χ3v) is 4.39. The summed E-state index contributed by atoms with van der Waals surface area (Å²) in [5.74, 6) is -0.109. The average Bonchev–Trinajstić information content (AvgIpc) is 2.84. The molecule has 18 heavy (non-hydrogen) atoms. The fourth-order valence-corrected chi connectivity index (χ4v) is 3.32. The van der Waals surface area contributed by atoms with Crippen molar-refractivity contribution in [1.82, 2.24) is 9.88 Å². The maximum atomic E-state index is 12.2. The first-order valence-corrected chi connectivity index (χ1v) is 6.94. The summed E-state index contributed by atoms with van der Waals surface area (Å²) in [5, 5.41) is 10.7. The van der Waals surface area contributed by atoms with Gasteiger partial charge in [0.15, 0.2) is 5.13 Å². The van der Waals surface area contributed by atoms with Crippen LogP contribution >= 0.6 is 11.3 Å². The minimum Gasteiger partial charge on any atom is -0.388 e. The summed E-state index contributed by atoms with van der Waals surface area (Å²) in [4.78, 5) is 18.4. The van der Waals surface area contributed by atoms with Gasteiger partial charge in [-0.05, 0) is 19.8 Å². The minimum absolute atomic E-state index is 0.109. The number of nitrogens with zero attached hydrogens (tertiary/aromatic N) is 2. The van der Waals surface area contributed by atoms with Gasteiger partial charge in [0.05, 0.1) is 11.3 Å². The molecule has 5 nitrogen and oxygen atoms in total. The molecule has 1 aliphatic rings. The number of hydrogen-bond acceptors (Lipinski definition) is 5. The van der Waals surface area contributed by atoms with Crippen molar-refractivity contribution in [2.24, 2.45) is 0 Å². The molecule has 2 rings (SSSR count). The van der Waals surface area contributed by atoms with Gasteiger partial charge >= 0.3 is 0 Å². The van der Waals surface area contributed by atoms with Crippen molar-refractivity contribution < 1.29 is 9.90 Å². The summed E-state index contributed by atoms with van der Waals surface area (Å²) in [6, 6.07) is 0. The maximum absolute atomic E-state index is 12.2. The number of likely N-dealkylation sites (N-methyl/N-ethyl adjacent to an activating group) is 1. The van der Waals surface area contributed by atoms with Crippen molar-refractivity contribution in [2.75, 3.05) is 19.3 Å². The van der Waals surface area contributed by atoms with Gasteiger partial charge in [0, 0.05) is 13.6 Å². The first-order chi connectivity index (χ1) is 8.41. The van der Waals surface area contributed by atoms with E-state index in [1.165, 1.54) is 11.3 Å². The van der Waals surface area contributed by atoms with Crippen molar-refractivity contribution in [1.29, 1.82) is 0 Å². The number of nitrogens with two attached hydrogens (primary N) is 1. The summed E-state index contributed by atoms with van der Waals surface area (Å²) in [5.41, 5.74) is 5.54. The highest BCUT2D eigenvalue weighted by Gasteiger charge is 2.34.